The van der Waals surface area contributed by atoms with Gasteiger partial charge in [0.15, 0.2) is 0 Å². The van der Waals surface area contributed by atoms with Gasteiger partial charge in [-0.3, -0.25) is 9.59 Å². The molecule has 0 aromatic heterocycles. The lowest BCUT2D eigenvalue weighted by Gasteiger charge is -2.53. The fraction of sp³-hybridized carbons (Fsp3) is 0.579. The predicted molar refractivity (Wildman–Crippen MR) is 88.6 cm³/mol. The summed E-state index contributed by atoms with van der Waals surface area (Å²) in [6, 6.07) is 7.44. The maximum absolute atomic E-state index is 13.2. The Morgan fingerprint density at radius 1 is 1.22 bits per heavy atom. The summed E-state index contributed by atoms with van der Waals surface area (Å²) in [4.78, 5) is 27.4. The topological polar surface area (TPSA) is 57.6 Å². The van der Waals surface area contributed by atoms with Crippen LogP contribution in [0.15, 0.2) is 24.3 Å². The standard InChI is InChI=1S/C19H25NO3/c1-3-19(4-2)16(18(22)23)14-11-7-8-12-15(14)17(21)20(19)13-9-5-6-10-13/h7-8,11-13,16H,3-6,9-10H2,1-2H3,(H,22,23). The molecule has 1 atom stereocenters. The highest BCUT2D eigenvalue weighted by atomic mass is 16.4. The van der Waals surface area contributed by atoms with Crippen molar-refractivity contribution in [3.63, 3.8) is 0 Å². The Hall–Kier alpha value is -1.84. The normalized spacial score (nSPS) is 23.8. The average Bonchev–Trinajstić information content (AvgIpc) is 3.07. The average molecular weight is 315 g/mol. The zero-order valence-electron chi connectivity index (χ0n) is 13.9. The third-order valence-electron chi connectivity index (χ3n) is 5.90. The Labute approximate surface area is 137 Å². The van der Waals surface area contributed by atoms with Crippen molar-refractivity contribution in [2.24, 2.45) is 0 Å². The van der Waals surface area contributed by atoms with E-state index in [0.29, 0.717) is 24.0 Å². The van der Waals surface area contributed by atoms with Crippen LogP contribution >= 0.6 is 0 Å². The van der Waals surface area contributed by atoms with Gasteiger partial charge >= 0.3 is 5.97 Å². The molecular weight excluding hydrogens is 290 g/mol. The molecule has 1 aliphatic carbocycles. The number of carbonyl (C=O) groups is 2. The Morgan fingerprint density at radius 3 is 2.39 bits per heavy atom. The van der Waals surface area contributed by atoms with E-state index >= 15 is 0 Å². The molecule has 124 valence electrons. The maximum atomic E-state index is 13.2. The van der Waals surface area contributed by atoms with Crippen LogP contribution in [0.25, 0.3) is 0 Å². The smallest absolute Gasteiger partial charge is 0.313 e. The van der Waals surface area contributed by atoms with Gasteiger partial charge < -0.3 is 10.0 Å². The van der Waals surface area contributed by atoms with Gasteiger partial charge in [-0.2, -0.15) is 0 Å². The molecule has 23 heavy (non-hydrogen) atoms. The van der Waals surface area contributed by atoms with E-state index in [1.165, 1.54) is 0 Å². The highest BCUT2D eigenvalue weighted by molar-refractivity contribution is 6.01. The van der Waals surface area contributed by atoms with Crippen LogP contribution < -0.4 is 0 Å². The van der Waals surface area contributed by atoms with Crippen LogP contribution in [0, 0.1) is 0 Å². The SMILES string of the molecule is CCC1(CC)C(C(=O)O)c2ccccc2C(=O)N1C1CCCC1. The minimum Gasteiger partial charge on any atom is -0.481 e. The quantitative estimate of drug-likeness (QED) is 0.919. The Balaban J connectivity index is 2.22. The first-order chi connectivity index (χ1) is 11.1. The lowest BCUT2D eigenvalue weighted by atomic mass is 9.69. The molecule has 2 aliphatic rings. The van der Waals surface area contributed by atoms with Gasteiger partial charge in [-0.25, -0.2) is 0 Å². The molecule has 0 spiro atoms. The van der Waals surface area contributed by atoms with Gasteiger partial charge in [0.1, 0.15) is 5.92 Å². The molecule has 4 nitrogen and oxygen atoms in total. The second-order valence-electron chi connectivity index (χ2n) is 6.78. The molecule has 1 fully saturated rings. The third-order valence-corrected chi connectivity index (χ3v) is 5.90. The van der Waals surface area contributed by atoms with Crippen molar-refractivity contribution < 1.29 is 14.7 Å². The highest BCUT2D eigenvalue weighted by Crippen LogP contribution is 2.48. The van der Waals surface area contributed by atoms with Crippen molar-refractivity contribution in [3.8, 4) is 0 Å². The van der Waals surface area contributed by atoms with Gasteiger partial charge in [0.25, 0.3) is 5.91 Å². The lowest BCUT2D eigenvalue weighted by Crippen LogP contribution is -2.62. The summed E-state index contributed by atoms with van der Waals surface area (Å²) in [5.41, 5.74) is 0.638. The molecule has 3 rings (SSSR count). The van der Waals surface area contributed by atoms with Crippen LogP contribution in [0.4, 0.5) is 0 Å². The van der Waals surface area contributed by atoms with E-state index in [4.69, 9.17) is 0 Å². The van der Waals surface area contributed by atoms with E-state index in [0.717, 1.165) is 25.7 Å². The summed E-state index contributed by atoms with van der Waals surface area (Å²) < 4.78 is 0. The molecule has 1 heterocycles. The minimum atomic E-state index is -0.823. The molecule has 1 unspecified atom stereocenters. The van der Waals surface area contributed by atoms with Crippen LogP contribution in [0.2, 0.25) is 0 Å². The van der Waals surface area contributed by atoms with Gasteiger partial charge in [-0.15, -0.1) is 0 Å². The highest BCUT2D eigenvalue weighted by Gasteiger charge is 2.54. The van der Waals surface area contributed by atoms with Crippen molar-refractivity contribution in [1.82, 2.24) is 4.90 Å². The molecular formula is C19H25NO3. The molecule has 1 amide bonds. The molecule has 1 aromatic rings. The number of benzene rings is 1. The van der Waals surface area contributed by atoms with E-state index in [9.17, 15) is 14.7 Å². The molecule has 0 radical (unpaired) electrons. The number of aliphatic carboxylic acids is 1. The fourth-order valence-corrected chi connectivity index (χ4v) is 4.76. The largest absolute Gasteiger partial charge is 0.481 e. The van der Waals surface area contributed by atoms with Crippen LogP contribution in [0.1, 0.15) is 74.2 Å². The number of hydrogen-bond acceptors (Lipinski definition) is 2. The lowest BCUT2D eigenvalue weighted by molar-refractivity contribution is -0.144. The Kier molecular flexibility index (Phi) is 4.17. The first kappa shape index (κ1) is 16.0. The van der Waals surface area contributed by atoms with E-state index in [2.05, 4.69) is 0 Å². The number of nitrogens with zero attached hydrogens (tertiary/aromatic N) is 1. The molecule has 0 saturated heterocycles. The van der Waals surface area contributed by atoms with Gasteiger partial charge in [0, 0.05) is 11.6 Å². The number of carboxylic acids is 1. The summed E-state index contributed by atoms with van der Waals surface area (Å²) >= 11 is 0. The van der Waals surface area contributed by atoms with Gasteiger partial charge in [0.2, 0.25) is 0 Å². The van der Waals surface area contributed by atoms with E-state index in [-0.39, 0.29) is 11.9 Å². The molecule has 1 saturated carbocycles. The van der Waals surface area contributed by atoms with Crippen LogP contribution in [0.3, 0.4) is 0 Å². The van der Waals surface area contributed by atoms with Crippen LogP contribution in [0.5, 0.6) is 0 Å². The summed E-state index contributed by atoms with van der Waals surface area (Å²) in [7, 11) is 0. The summed E-state index contributed by atoms with van der Waals surface area (Å²) in [6.07, 6.45) is 5.55. The van der Waals surface area contributed by atoms with Crippen molar-refractivity contribution in [1.29, 1.82) is 0 Å². The van der Waals surface area contributed by atoms with Gasteiger partial charge in [-0.1, -0.05) is 44.9 Å². The van der Waals surface area contributed by atoms with Crippen LogP contribution in [-0.2, 0) is 4.79 Å². The Bertz CT molecular complexity index is 615. The predicted octanol–water partition coefficient (Wildman–Crippen LogP) is 3.81. The van der Waals surface area contributed by atoms with Gasteiger partial charge in [-0.05, 0) is 37.3 Å². The van der Waals surface area contributed by atoms with Crippen molar-refractivity contribution in [2.75, 3.05) is 0 Å². The van der Waals surface area contributed by atoms with E-state index in [1.54, 1.807) is 6.07 Å². The summed E-state index contributed by atoms with van der Waals surface area (Å²) in [5.74, 6) is -1.45. The van der Waals surface area contributed by atoms with Crippen molar-refractivity contribution in [2.45, 2.75) is 69.9 Å². The van der Waals surface area contributed by atoms with Crippen molar-refractivity contribution >= 4 is 11.9 Å². The Morgan fingerprint density at radius 2 is 1.83 bits per heavy atom. The van der Waals surface area contributed by atoms with Crippen LogP contribution in [-0.4, -0.2) is 33.5 Å². The number of fused-ring (bicyclic) bond motifs is 1. The molecule has 4 heteroatoms. The first-order valence-corrected chi connectivity index (χ1v) is 8.72. The van der Waals surface area contributed by atoms with E-state index < -0.39 is 17.4 Å². The third kappa shape index (κ3) is 2.27. The second-order valence-corrected chi connectivity index (χ2v) is 6.78. The first-order valence-electron chi connectivity index (χ1n) is 8.72. The number of amides is 1. The van der Waals surface area contributed by atoms with E-state index in [1.807, 2.05) is 36.9 Å². The molecule has 1 aromatic carbocycles. The summed E-state index contributed by atoms with van der Waals surface area (Å²) in [5, 5.41) is 9.99. The fourth-order valence-electron chi connectivity index (χ4n) is 4.76. The monoisotopic (exact) mass is 315 g/mol. The molecule has 1 N–H and O–H groups in total. The minimum absolute atomic E-state index is 0.0219. The zero-order valence-corrected chi connectivity index (χ0v) is 13.9. The number of rotatable bonds is 4. The second kappa shape index (κ2) is 5.99. The number of carbonyl (C=O) groups excluding carboxylic acids is 1. The molecule has 0 bridgehead atoms. The maximum Gasteiger partial charge on any atom is 0.313 e. The summed E-state index contributed by atoms with van der Waals surface area (Å²) in [6.45, 7) is 4.03. The zero-order chi connectivity index (χ0) is 16.6. The number of carboxylic acid groups (broad SMARTS) is 1. The van der Waals surface area contributed by atoms with Gasteiger partial charge in [0.05, 0.1) is 5.54 Å². The molecule has 1 aliphatic heterocycles. The number of hydrogen-bond donors (Lipinski definition) is 1. The van der Waals surface area contributed by atoms with Crippen molar-refractivity contribution in [3.05, 3.63) is 35.4 Å².